The van der Waals surface area contributed by atoms with Gasteiger partial charge in [-0.1, -0.05) is 140 Å². The van der Waals surface area contributed by atoms with Crippen molar-refractivity contribution in [3.05, 3.63) is 210 Å². The van der Waals surface area contributed by atoms with Crippen LogP contribution in [0.25, 0.3) is 55.3 Å². The molecule has 0 N–H and O–H groups in total. The van der Waals surface area contributed by atoms with Crippen LogP contribution in [-0.2, 0) is 5.41 Å². The summed E-state index contributed by atoms with van der Waals surface area (Å²) in [5, 5.41) is 2.25. The molecule has 0 radical (unpaired) electrons. The quantitative estimate of drug-likeness (QED) is 0.189. The van der Waals surface area contributed by atoms with E-state index in [4.69, 9.17) is 4.42 Å². The van der Waals surface area contributed by atoms with Crippen molar-refractivity contribution in [2.75, 3.05) is 4.90 Å². The lowest BCUT2D eigenvalue weighted by Gasteiger charge is -2.30. The smallest absolute Gasteiger partial charge is 0.136 e. The Morgan fingerprint density at radius 2 is 0.882 bits per heavy atom. The van der Waals surface area contributed by atoms with Crippen LogP contribution in [0.15, 0.2) is 192 Å². The summed E-state index contributed by atoms with van der Waals surface area (Å²) in [6, 6.07) is 68.1. The highest BCUT2D eigenvalue weighted by molar-refractivity contribution is 6.19. The molecule has 2 heteroatoms. The fourth-order valence-electron chi connectivity index (χ4n) is 9.13. The molecule has 9 aromatic rings. The minimum Gasteiger partial charge on any atom is -0.456 e. The molecule has 0 saturated heterocycles. The molecular weight excluding hydrogens is 619 g/mol. The molecule has 51 heavy (non-hydrogen) atoms. The first kappa shape index (κ1) is 28.2. The zero-order valence-electron chi connectivity index (χ0n) is 27.8. The minimum absolute atomic E-state index is 0.460. The van der Waals surface area contributed by atoms with Crippen LogP contribution in [0.3, 0.4) is 0 Å². The number of anilines is 3. The maximum atomic E-state index is 6.95. The lowest BCUT2D eigenvalue weighted by Crippen LogP contribution is -2.25. The van der Waals surface area contributed by atoms with E-state index in [9.17, 15) is 0 Å². The second-order valence-corrected chi connectivity index (χ2v) is 13.6. The summed E-state index contributed by atoms with van der Waals surface area (Å²) < 4.78 is 6.95. The van der Waals surface area contributed by atoms with Crippen LogP contribution in [0.1, 0.15) is 22.3 Å². The molecule has 1 heterocycles. The van der Waals surface area contributed by atoms with Crippen LogP contribution in [-0.4, -0.2) is 0 Å². The van der Waals surface area contributed by atoms with E-state index in [1.807, 2.05) is 0 Å². The number of hydrogen-bond acceptors (Lipinski definition) is 2. The Bertz CT molecular complexity index is 2710. The number of rotatable bonds is 4. The standard InChI is InChI=1S/C49H31NO/c1-4-16-32(17-5-1)46-47-38-24-12-15-27-42(38)49(40-25-13-10-22-36(40)37-23-11-14-26-41(37)49)43(47)31-45-48(46)39-30-35(28-29-44(39)51-45)50(33-18-6-2-7-19-33)34-20-8-3-9-21-34/h1-31H. The van der Waals surface area contributed by atoms with Crippen molar-refractivity contribution >= 4 is 39.0 Å². The molecule has 0 saturated carbocycles. The van der Waals surface area contributed by atoms with Crippen molar-refractivity contribution in [3.8, 4) is 33.4 Å². The van der Waals surface area contributed by atoms with E-state index in [2.05, 4.69) is 193 Å². The van der Waals surface area contributed by atoms with Crippen molar-refractivity contribution in [1.82, 2.24) is 0 Å². The predicted octanol–water partition coefficient (Wildman–Crippen LogP) is 13.1. The highest BCUT2D eigenvalue weighted by Crippen LogP contribution is 2.65. The lowest BCUT2D eigenvalue weighted by molar-refractivity contribution is 0.666. The molecule has 0 unspecified atom stereocenters. The molecule has 2 aliphatic carbocycles. The molecular formula is C49H31NO. The van der Waals surface area contributed by atoms with Crippen LogP contribution in [0.5, 0.6) is 0 Å². The summed E-state index contributed by atoms with van der Waals surface area (Å²) in [5.74, 6) is 0. The number of hydrogen-bond donors (Lipinski definition) is 0. The monoisotopic (exact) mass is 649 g/mol. The first-order chi connectivity index (χ1) is 25.3. The van der Waals surface area contributed by atoms with Gasteiger partial charge in [-0.2, -0.15) is 0 Å². The number of nitrogens with zero attached hydrogens (tertiary/aromatic N) is 1. The molecule has 0 fully saturated rings. The van der Waals surface area contributed by atoms with Gasteiger partial charge in [-0.05, 0) is 98.6 Å². The Kier molecular flexibility index (Phi) is 5.91. The second kappa shape index (κ2) is 10.7. The average Bonchev–Trinajstić information content (AvgIpc) is 3.82. The van der Waals surface area contributed by atoms with Gasteiger partial charge in [0.1, 0.15) is 11.2 Å². The lowest BCUT2D eigenvalue weighted by atomic mass is 9.70. The SMILES string of the molecule is c1ccc(-c2c3c(cc4oc5ccc(N(c6ccccc6)c6ccccc6)cc5c24)C2(c4ccccc4-c4ccccc42)c2ccccc2-3)cc1. The van der Waals surface area contributed by atoms with E-state index in [-0.39, 0.29) is 0 Å². The van der Waals surface area contributed by atoms with Gasteiger partial charge in [-0.25, -0.2) is 0 Å². The topological polar surface area (TPSA) is 16.4 Å². The summed E-state index contributed by atoms with van der Waals surface area (Å²) in [5.41, 5.74) is 17.4. The van der Waals surface area contributed by atoms with Gasteiger partial charge in [-0.3, -0.25) is 0 Å². The van der Waals surface area contributed by atoms with Crippen molar-refractivity contribution in [1.29, 1.82) is 0 Å². The third kappa shape index (κ3) is 3.82. The average molecular weight is 650 g/mol. The Hall–Kier alpha value is -6.64. The second-order valence-electron chi connectivity index (χ2n) is 13.6. The number of furan rings is 1. The van der Waals surface area contributed by atoms with Crippen molar-refractivity contribution < 1.29 is 4.42 Å². The van der Waals surface area contributed by atoms with E-state index in [0.717, 1.165) is 39.0 Å². The Morgan fingerprint density at radius 1 is 0.373 bits per heavy atom. The molecule has 1 aromatic heterocycles. The highest BCUT2D eigenvalue weighted by Gasteiger charge is 2.52. The number of fused-ring (bicyclic) bond motifs is 13. The Balaban J connectivity index is 1.27. The minimum atomic E-state index is -0.460. The van der Waals surface area contributed by atoms with Crippen LogP contribution in [0.2, 0.25) is 0 Å². The van der Waals surface area contributed by atoms with Gasteiger partial charge < -0.3 is 9.32 Å². The van der Waals surface area contributed by atoms with Gasteiger partial charge in [0.05, 0.1) is 5.41 Å². The Morgan fingerprint density at radius 3 is 1.49 bits per heavy atom. The maximum Gasteiger partial charge on any atom is 0.136 e. The third-order valence-corrected chi connectivity index (χ3v) is 11.0. The summed E-state index contributed by atoms with van der Waals surface area (Å²) in [6.45, 7) is 0. The zero-order valence-corrected chi connectivity index (χ0v) is 27.8. The van der Waals surface area contributed by atoms with Crippen LogP contribution in [0.4, 0.5) is 17.1 Å². The summed E-state index contributed by atoms with van der Waals surface area (Å²) >= 11 is 0. The maximum absolute atomic E-state index is 6.95. The van der Waals surface area contributed by atoms with Gasteiger partial charge in [0.2, 0.25) is 0 Å². The van der Waals surface area contributed by atoms with Gasteiger partial charge in [-0.15, -0.1) is 0 Å². The van der Waals surface area contributed by atoms with Crippen LogP contribution in [0, 0.1) is 0 Å². The van der Waals surface area contributed by atoms with Crippen molar-refractivity contribution in [3.63, 3.8) is 0 Å². The molecule has 1 spiro atoms. The predicted molar refractivity (Wildman–Crippen MR) is 210 cm³/mol. The Labute approximate surface area is 296 Å². The van der Waals surface area contributed by atoms with Gasteiger partial charge in [0.25, 0.3) is 0 Å². The number of benzene rings is 8. The molecule has 11 rings (SSSR count). The first-order valence-corrected chi connectivity index (χ1v) is 17.6. The van der Waals surface area contributed by atoms with Crippen LogP contribution < -0.4 is 4.90 Å². The highest BCUT2D eigenvalue weighted by atomic mass is 16.3. The van der Waals surface area contributed by atoms with E-state index >= 15 is 0 Å². The van der Waals surface area contributed by atoms with E-state index in [1.54, 1.807) is 0 Å². The van der Waals surface area contributed by atoms with Crippen molar-refractivity contribution in [2.45, 2.75) is 5.41 Å². The summed E-state index contributed by atoms with van der Waals surface area (Å²) in [7, 11) is 0. The summed E-state index contributed by atoms with van der Waals surface area (Å²) in [6.07, 6.45) is 0. The fourth-order valence-corrected chi connectivity index (χ4v) is 9.13. The normalized spacial score (nSPS) is 13.3. The summed E-state index contributed by atoms with van der Waals surface area (Å²) in [4.78, 5) is 2.32. The fraction of sp³-hybridized carbons (Fsp3) is 0.0204. The molecule has 0 aliphatic heterocycles. The molecule has 2 nitrogen and oxygen atoms in total. The van der Waals surface area contributed by atoms with Crippen LogP contribution >= 0.6 is 0 Å². The molecule has 0 amide bonds. The van der Waals surface area contributed by atoms with Crippen molar-refractivity contribution in [2.24, 2.45) is 0 Å². The molecule has 8 aromatic carbocycles. The van der Waals surface area contributed by atoms with Gasteiger partial charge in [0, 0.05) is 33.4 Å². The zero-order chi connectivity index (χ0) is 33.5. The van der Waals surface area contributed by atoms with Gasteiger partial charge in [0.15, 0.2) is 0 Å². The number of para-hydroxylation sites is 2. The van der Waals surface area contributed by atoms with Gasteiger partial charge >= 0.3 is 0 Å². The molecule has 2 aliphatic rings. The largest absolute Gasteiger partial charge is 0.456 e. The van der Waals surface area contributed by atoms with E-state index in [1.165, 1.54) is 55.6 Å². The molecule has 0 bridgehead atoms. The first-order valence-electron chi connectivity index (χ1n) is 17.6. The van der Waals surface area contributed by atoms with E-state index in [0.29, 0.717) is 0 Å². The molecule has 238 valence electrons. The van der Waals surface area contributed by atoms with E-state index < -0.39 is 5.41 Å². The third-order valence-electron chi connectivity index (χ3n) is 11.0. The molecule has 0 atom stereocenters.